The van der Waals surface area contributed by atoms with Gasteiger partial charge in [-0.2, -0.15) is 0 Å². The van der Waals surface area contributed by atoms with Crippen LogP contribution in [-0.2, 0) is 23.9 Å². The summed E-state index contributed by atoms with van der Waals surface area (Å²) >= 11 is 0. The van der Waals surface area contributed by atoms with Gasteiger partial charge in [0.1, 0.15) is 28.8 Å². The third-order valence-corrected chi connectivity index (χ3v) is 7.02. The topological polar surface area (TPSA) is 107 Å². The number of hydrogen-bond acceptors (Lipinski definition) is 9. The van der Waals surface area contributed by atoms with Crippen LogP contribution in [0.1, 0.15) is 51.4 Å². The first kappa shape index (κ1) is 34.0. The summed E-state index contributed by atoms with van der Waals surface area (Å²) < 4.78 is 32.8. The van der Waals surface area contributed by atoms with Gasteiger partial charge in [-0.3, -0.25) is 9.59 Å². The second kappa shape index (κ2) is 18.9. The minimum Gasteiger partial charge on any atom is -0.494 e. The lowest BCUT2D eigenvalue weighted by atomic mass is 9.82. The van der Waals surface area contributed by atoms with Crippen molar-refractivity contribution in [1.82, 2.24) is 0 Å². The zero-order chi connectivity index (χ0) is 31.6. The normalized spacial score (nSPS) is 15.7. The minimum absolute atomic E-state index is 0.264. The van der Waals surface area contributed by atoms with E-state index in [0.717, 1.165) is 25.3 Å². The standard InChI is InChI=1S/C35H42O9/c1-4-26(3)39-22-6-7-23-40-29-14-18-31(19-15-29)43-34(37)27-10-12-28(13-11-27)35(38)44-32-20-16-30(17-21-32)41-24-8-9-25-42-33(36)5-2/h4-5,14-21,27-28H,1-3,6-13,22-25H2. The molecule has 0 N–H and O–H groups in total. The number of ether oxygens (including phenoxy) is 6. The highest BCUT2D eigenvalue weighted by molar-refractivity contribution is 5.81. The molecule has 0 bridgehead atoms. The van der Waals surface area contributed by atoms with Crippen LogP contribution in [0.15, 0.2) is 86.2 Å². The predicted molar refractivity (Wildman–Crippen MR) is 166 cm³/mol. The van der Waals surface area contributed by atoms with Gasteiger partial charge in [-0.05, 0) is 106 Å². The van der Waals surface area contributed by atoms with Crippen molar-refractivity contribution in [3.8, 4) is 23.0 Å². The monoisotopic (exact) mass is 606 g/mol. The highest BCUT2D eigenvalue weighted by Gasteiger charge is 2.32. The number of unbranched alkanes of at least 4 members (excludes halogenated alkanes) is 2. The van der Waals surface area contributed by atoms with E-state index in [1.807, 2.05) is 0 Å². The first-order chi connectivity index (χ1) is 21.4. The Morgan fingerprint density at radius 1 is 0.591 bits per heavy atom. The molecule has 1 fully saturated rings. The van der Waals surface area contributed by atoms with Crippen LogP contribution >= 0.6 is 0 Å². The van der Waals surface area contributed by atoms with Gasteiger partial charge in [-0.25, -0.2) is 4.79 Å². The molecule has 0 amide bonds. The number of carbonyl (C=O) groups excluding carboxylic acids is 3. The van der Waals surface area contributed by atoms with Gasteiger partial charge in [0, 0.05) is 6.08 Å². The molecule has 0 atom stereocenters. The molecule has 2 aromatic rings. The molecule has 0 saturated heterocycles. The number of rotatable bonds is 19. The van der Waals surface area contributed by atoms with Gasteiger partial charge in [-0.1, -0.05) is 19.7 Å². The molecule has 0 radical (unpaired) electrons. The quantitative estimate of drug-likeness (QED) is 0.0428. The van der Waals surface area contributed by atoms with E-state index in [2.05, 4.69) is 19.7 Å². The Kier molecular flexibility index (Phi) is 14.6. The van der Waals surface area contributed by atoms with Crippen molar-refractivity contribution in [2.24, 2.45) is 11.8 Å². The Hall–Kier alpha value is -4.53. The van der Waals surface area contributed by atoms with Crippen molar-refractivity contribution < 1.29 is 42.8 Å². The number of carbonyl (C=O) groups is 3. The average Bonchev–Trinajstić information content (AvgIpc) is 3.05. The fraction of sp³-hybridized carbons (Fsp3) is 0.400. The van der Waals surface area contributed by atoms with Gasteiger partial charge < -0.3 is 28.4 Å². The SMILES string of the molecule is C=CC(=C)OCCCCOc1ccc(OC(=O)C2CCC(C(=O)Oc3ccc(OCCCCOC(=O)C=C)cc3)CC2)cc1. The third-order valence-electron chi connectivity index (χ3n) is 7.02. The summed E-state index contributed by atoms with van der Waals surface area (Å²) in [4.78, 5) is 36.5. The van der Waals surface area contributed by atoms with E-state index < -0.39 is 5.97 Å². The highest BCUT2D eigenvalue weighted by Crippen LogP contribution is 2.32. The molecule has 236 valence electrons. The fourth-order valence-electron chi connectivity index (χ4n) is 4.45. The van der Waals surface area contributed by atoms with Crippen LogP contribution in [0, 0.1) is 11.8 Å². The molecule has 3 rings (SSSR count). The van der Waals surface area contributed by atoms with Crippen LogP contribution in [0.2, 0.25) is 0 Å². The van der Waals surface area contributed by atoms with Gasteiger partial charge >= 0.3 is 17.9 Å². The summed E-state index contributed by atoms with van der Waals surface area (Å²) in [7, 11) is 0. The van der Waals surface area contributed by atoms with E-state index in [4.69, 9.17) is 28.4 Å². The van der Waals surface area contributed by atoms with Gasteiger partial charge in [0.25, 0.3) is 0 Å². The van der Waals surface area contributed by atoms with E-state index in [0.29, 0.717) is 87.3 Å². The van der Waals surface area contributed by atoms with Gasteiger partial charge in [0.2, 0.25) is 0 Å². The van der Waals surface area contributed by atoms with Crippen molar-refractivity contribution in [3.05, 3.63) is 86.2 Å². The lowest BCUT2D eigenvalue weighted by Crippen LogP contribution is -2.30. The van der Waals surface area contributed by atoms with Gasteiger partial charge in [0.15, 0.2) is 0 Å². The van der Waals surface area contributed by atoms with Crippen LogP contribution < -0.4 is 18.9 Å². The summed E-state index contributed by atoms with van der Waals surface area (Å²) in [5.41, 5.74) is 0. The second-order valence-corrected chi connectivity index (χ2v) is 10.3. The molecule has 9 heteroatoms. The molecule has 0 aliphatic heterocycles. The summed E-state index contributed by atoms with van der Waals surface area (Å²) in [6.45, 7) is 12.6. The molecule has 1 aliphatic carbocycles. The summed E-state index contributed by atoms with van der Waals surface area (Å²) in [5, 5.41) is 0. The molecule has 1 aliphatic rings. The number of allylic oxidation sites excluding steroid dienone is 1. The molecule has 2 aromatic carbocycles. The van der Waals surface area contributed by atoms with Crippen LogP contribution in [0.5, 0.6) is 23.0 Å². The van der Waals surface area contributed by atoms with Crippen LogP contribution in [0.25, 0.3) is 0 Å². The van der Waals surface area contributed by atoms with Crippen molar-refractivity contribution in [2.45, 2.75) is 51.4 Å². The minimum atomic E-state index is -0.433. The third kappa shape index (κ3) is 12.4. The average molecular weight is 607 g/mol. The van der Waals surface area contributed by atoms with Crippen LogP contribution in [0.3, 0.4) is 0 Å². The maximum absolute atomic E-state index is 12.7. The molecule has 44 heavy (non-hydrogen) atoms. The van der Waals surface area contributed by atoms with E-state index in [1.165, 1.54) is 0 Å². The van der Waals surface area contributed by atoms with Crippen molar-refractivity contribution >= 4 is 17.9 Å². The predicted octanol–water partition coefficient (Wildman–Crippen LogP) is 6.77. The van der Waals surface area contributed by atoms with Crippen LogP contribution in [-0.4, -0.2) is 44.3 Å². The number of benzene rings is 2. The van der Waals surface area contributed by atoms with Gasteiger partial charge in [0.05, 0.1) is 38.3 Å². The molecule has 1 saturated carbocycles. The Bertz CT molecular complexity index is 1130. The second-order valence-electron chi connectivity index (χ2n) is 10.3. The Morgan fingerprint density at radius 3 is 1.39 bits per heavy atom. The van der Waals surface area contributed by atoms with Crippen molar-refractivity contribution in [2.75, 3.05) is 26.4 Å². The van der Waals surface area contributed by atoms with E-state index >= 15 is 0 Å². The van der Waals surface area contributed by atoms with Crippen LogP contribution in [0.4, 0.5) is 0 Å². The lowest BCUT2D eigenvalue weighted by molar-refractivity contribution is -0.145. The lowest BCUT2D eigenvalue weighted by Gasteiger charge is -2.25. The highest BCUT2D eigenvalue weighted by atomic mass is 16.5. The number of hydrogen-bond donors (Lipinski definition) is 0. The molecule has 0 unspecified atom stereocenters. The smallest absolute Gasteiger partial charge is 0.330 e. The molecular weight excluding hydrogens is 564 g/mol. The maximum Gasteiger partial charge on any atom is 0.330 e. The molecule has 0 spiro atoms. The first-order valence-electron chi connectivity index (χ1n) is 15.0. The molecule has 0 aromatic heterocycles. The van der Waals surface area contributed by atoms with E-state index in [9.17, 15) is 14.4 Å². The van der Waals surface area contributed by atoms with E-state index in [-0.39, 0.29) is 23.8 Å². The van der Waals surface area contributed by atoms with Crippen molar-refractivity contribution in [1.29, 1.82) is 0 Å². The Morgan fingerprint density at radius 2 is 0.977 bits per heavy atom. The maximum atomic E-state index is 12.7. The zero-order valence-corrected chi connectivity index (χ0v) is 25.2. The summed E-state index contributed by atoms with van der Waals surface area (Å²) in [5.74, 6) is 1.26. The van der Waals surface area contributed by atoms with Gasteiger partial charge in [-0.15, -0.1) is 0 Å². The summed E-state index contributed by atoms with van der Waals surface area (Å²) in [6.07, 6.45) is 8.03. The first-order valence-corrected chi connectivity index (χ1v) is 15.0. The zero-order valence-electron chi connectivity index (χ0n) is 25.2. The van der Waals surface area contributed by atoms with Crippen molar-refractivity contribution in [3.63, 3.8) is 0 Å². The molecule has 9 nitrogen and oxygen atoms in total. The van der Waals surface area contributed by atoms with E-state index in [1.54, 1.807) is 54.6 Å². The fourth-order valence-corrected chi connectivity index (χ4v) is 4.45. The molecular formula is C35H42O9. The Labute approximate surface area is 259 Å². The molecule has 0 heterocycles. The number of esters is 3. The largest absolute Gasteiger partial charge is 0.494 e. The summed E-state index contributed by atoms with van der Waals surface area (Å²) in [6, 6.07) is 13.8. The Balaban J connectivity index is 1.30.